The second kappa shape index (κ2) is 10.6. The third kappa shape index (κ3) is 6.00. The zero-order valence-electron chi connectivity index (χ0n) is 20.9. The van der Waals surface area contributed by atoms with Crippen molar-refractivity contribution < 1.29 is 13.5 Å². The SMILES string of the molecule is CC(C)(C)NSc1cccc(Nc2ncc3c(Nc4c(F)cccc4F)nn(C4CCOCC4)c3n2)c1. The fourth-order valence-electron chi connectivity index (χ4n) is 3.97. The van der Waals surface area contributed by atoms with E-state index in [0.29, 0.717) is 36.0 Å². The van der Waals surface area contributed by atoms with Crippen LogP contribution in [0.5, 0.6) is 0 Å². The fourth-order valence-corrected chi connectivity index (χ4v) is 4.73. The van der Waals surface area contributed by atoms with Crippen LogP contribution >= 0.6 is 11.9 Å². The first-order chi connectivity index (χ1) is 17.8. The van der Waals surface area contributed by atoms with Crippen LogP contribution in [0.3, 0.4) is 0 Å². The highest BCUT2D eigenvalue weighted by Crippen LogP contribution is 2.32. The topological polar surface area (TPSA) is 88.9 Å². The maximum Gasteiger partial charge on any atom is 0.229 e. The van der Waals surface area contributed by atoms with Gasteiger partial charge in [0.2, 0.25) is 5.95 Å². The van der Waals surface area contributed by atoms with E-state index in [2.05, 4.69) is 46.2 Å². The summed E-state index contributed by atoms with van der Waals surface area (Å²) in [5.74, 6) is -0.711. The van der Waals surface area contributed by atoms with E-state index in [0.717, 1.165) is 23.4 Å². The molecule has 0 unspecified atom stereocenters. The molecule has 4 aromatic rings. The molecule has 0 saturated carbocycles. The van der Waals surface area contributed by atoms with Gasteiger partial charge >= 0.3 is 0 Å². The van der Waals surface area contributed by atoms with E-state index >= 15 is 0 Å². The molecule has 8 nitrogen and oxygen atoms in total. The van der Waals surface area contributed by atoms with Gasteiger partial charge in [-0.15, -0.1) is 0 Å². The number of hydrogen-bond donors (Lipinski definition) is 3. The quantitative estimate of drug-likeness (QED) is 0.241. The van der Waals surface area contributed by atoms with Crippen LogP contribution in [-0.4, -0.2) is 38.5 Å². The van der Waals surface area contributed by atoms with Crippen LogP contribution in [0.4, 0.5) is 31.9 Å². The molecule has 0 bridgehead atoms. The summed E-state index contributed by atoms with van der Waals surface area (Å²) in [6.07, 6.45) is 3.14. The molecule has 3 heterocycles. The van der Waals surface area contributed by atoms with Crippen molar-refractivity contribution >= 4 is 46.1 Å². The number of hydrogen-bond acceptors (Lipinski definition) is 8. The summed E-state index contributed by atoms with van der Waals surface area (Å²) >= 11 is 1.56. The molecular weight excluding hydrogens is 496 g/mol. The lowest BCUT2D eigenvalue weighted by Gasteiger charge is -2.22. The minimum absolute atomic E-state index is 0.0257. The Morgan fingerprint density at radius 3 is 2.49 bits per heavy atom. The molecule has 1 fully saturated rings. The van der Waals surface area contributed by atoms with Crippen molar-refractivity contribution in [1.29, 1.82) is 0 Å². The molecule has 0 aliphatic carbocycles. The van der Waals surface area contributed by atoms with Crippen molar-refractivity contribution in [3.8, 4) is 0 Å². The Balaban J connectivity index is 1.47. The van der Waals surface area contributed by atoms with E-state index in [4.69, 9.17) is 9.72 Å². The van der Waals surface area contributed by atoms with E-state index < -0.39 is 11.6 Å². The van der Waals surface area contributed by atoms with E-state index in [1.807, 2.05) is 28.9 Å². The maximum atomic E-state index is 14.4. The number of benzene rings is 2. The van der Waals surface area contributed by atoms with Crippen LogP contribution in [0.15, 0.2) is 53.6 Å². The van der Waals surface area contributed by atoms with Crippen molar-refractivity contribution in [3.63, 3.8) is 0 Å². The molecule has 194 valence electrons. The van der Waals surface area contributed by atoms with Gasteiger partial charge in [0.15, 0.2) is 11.5 Å². The summed E-state index contributed by atoms with van der Waals surface area (Å²) in [5, 5.41) is 11.3. The van der Waals surface area contributed by atoms with Crippen molar-refractivity contribution in [2.45, 2.75) is 50.1 Å². The molecule has 1 aliphatic heterocycles. The number of nitrogens with zero attached hydrogens (tertiary/aromatic N) is 4. The number of anilines is 4. The van der Waals surface area contributed by atoms with Gasteiger partial charge in [-0.25, -0.2) is 18.4 Å². The smallest absolute Gasteiger partial charge is 0.229 e. The summed E-state index contributed by atoms with van der Waals surface area (Å²) in [5.41, 5.74) is 1.12. The van der Waals surface area contributed by atoms with Gasteiger partial charge in [0.1, 0.15) is 17.3 Å². The maximum absolute atomic E-state index is 14.4. The van der Waals surface area contributed by atoms with Crippen molar-refractivity contribution in [2.75, 3.05) is 23.8 Å². The number of ether oxygens (including phenoxy) is 1. The molecule has 2 aromatic heterocycles. The Morgan fingerprint density at radius 2 is 1.76 bits per heavy atom. The molecule has 0 radical (unpaired) electrons. The summed E-state index contributed by atoms with van der Waals surface area (Å²) in [6, 6.07) is 11.7. The third-order valence-corrected chi connectivity index (χ3v) is 6.96. The predicted octanol–water partition coefficient (Wildman–Crippen LogP) is 6.34. The summed E-state index contributed by atoms with van der Waals surface area (Å²) in [7, 11) is 0. The van der Waals surface area contributed by atoms with Crippen LogP contribution < -0.4 is 15.4 Å². The molecule has 3 N–H and O–H groups in total. The molecule has 2 aromatic carbocycles. The molecule has 0 atom stereocenters. The zero-order chi connectivity index (χ0) is 26.0. The highest BCUT2D eigenvalue weighted by Gasteiger charge is 2.23. The molecule has 1 aliphatic rings. The van der Waals surface area contributed by atoms with E-state index in [9.17, 15) is 8.78 Å². The standard InChI is InChI=1S/C26H29F2N7OS/c1-26(2,3)34-37-18-7-4-6-16(14-18)30-25-29-15-19-23(31-22-20(27)8-5-9-21(22)28)33-35(24(19)32-25)17-10-12-36-13-11-17/h4-9,14-15,17,34H,10-13H2,1-3H3,(H,31,33)(H,29,30,32). The molecule has 11 heteroatoms. The van der Waals surface area contributed by atoms with Crippen LogP contribution in [-0.2, 0) is 4.74 Å². The Labute approximate surface area is 218 Å². The van der Waals surface area contributed by atoms with E-state index in [1.54, 1.807) is 18.1 Å². The van der Waals surface area contributed by atoms with Crippen molar-refractivity contribution in [2.24, 2.45) is 0 Å². The van der Waals surface area contributed by atoms with Crippen LogP contribution in [0.25, 0.3) is 11.0 Å². The number of rotatable bonds is 7. The summed E-state index contributed by atoms with van der Waals surface area (Å²) < 4.78 is 39.4. The molecule has 37 heavy (non-hydrogen) atoms. The largest absolute Gasteiger partial charge is 0.381 e. The first-order valence-electron chi connectivity index (χ1n) is 12.1. The molecular formula is C26H29F2N7OS. The van der Waals surface area contributed by atoms with E-state index in [1.165, 1.54) is 18.2 Å². The van der Waals surface area contributed by atoms with E-state index in [-0.39, 0.29) is 17.3 Å². The Hall–Kier alpha value is -3.28. The number of halogens is 2. The summed E-state index contributed by atoms with van der Waals surface area (Å²) in [4.78, 5) is 10.3. The monoisotopic (exact) mass is 525 g/mol. The fraction of sp³-hybridized carbons (Fsp3) is 0.346. The molecule has 0 amide bonds. The van der Waals surface area contributed by atoms with Gasteiger partial charge in [-0.1, -0.05) is 12.1 Å². The van der Waals surface area contributed by atoms with Crippen LogP contribution in [0.1, 0.15) is 39.7 Å². The first kappa shape index (κ1) is 25.4. The van der Waals surface area contributed by atoms with Crippen LogP contribution in [0, 0.1) is 11.6 Å². The molecule has 1 saturated heterocycles. The van der Waals surface area contributed by atoms with Crippen LogP contribution in [0.2, 0.25) is 0 Å². The minimum Gasteiger partial charge on any atom is -0.381 e. The minimum atomic E-state index is -0.702. The lowest BCUT2D eigenvalue weighted by molar-refractivity contribution is 0.0674. The second-order valence-electron chi connectivity index (χ2n) is 9.90. The number of para-hydroxylation sites is 1. The number of nitrogens with one attached hydrogen (secondary N) is 3. The van der Waals surface area contributed by atoms with Gasteiger partial charge in [-0.05, 0) is 75.9 Å². The highest BCUT2D eigenvalue weighted by atomic mass is 32.2. The third-order valence-electron chi connectivity index (χ3n) is 5.76. The lowest BCUT2D eigenvalue weighted by Crippen LogP contribution is -2.29. The normalized spacial score (nSPS) is 14.7. The number of aromatic nitrogens is 4. The van der Waals surface area contributed by atoms with Gasteiger partial charge < -0.3 is 15.4 Å². The zero-order valence-corrected chi connectivity index (χ0v) is 21.7. The average Bonchev–Trinajstić information content (AvgIpc) is 3.23. The highest BCUT2D eigenvalue weighted by molar-refractivity contribution is 7.97. The molecule has 0 spiro atoms. The van der Waals surface area contributed by atoms with Crippen molar-refractivity contribution in [3.05, 3.63) is 60.3 Å². The van der Waals surface area contributed by atoms with Gasteiger partial charge in [0.05, 0.1) is 11.4 Å². The van der Waals surface area contributed by atoms with Gasteiger partial charge in [-0.2, -0.15) is 10.1 Å². The summed E-state index contributed by atoms with van der Waals surface area (Å²) in [6.45, 7) is 7.54. The van der Waals surface area contributed by atoms with Gasteiger partial charge in [-0.3, -0.25) is 4.72 Å². The average molecular weight is 526 g/mol. The second-order valence-corrected chi connectivity index (χ2v) is 10.8. The molecule has 5 rings (SSSR count). The number of fused-ring (bicyclic) bond motifs is 1. The van der Waals surface area contributed by atoms with Gasteiger partial charge in [0, 0.05) is 35.5 Å². The Bertz CT molecular complexity index is 1380. The Morgan fingerprint density at radius 1 is 1.03 bits per heavy atom. The Kier molecular flexibility index (Phi) is 7.27. The first-order valence-corrected chi connectivity index (χ1v) is 12.9. The predicted molar refractivity (Wildman–Crippen MR) is 143 cm³/mol. The van der Waals surface area contributed by atoms with Gasteiger partial charge in [0.25, 0.3) is 0 Å². The van der Waals surface area contributed by atoms with Crippen molar-refractivity contribution in [1.82, 2.24) is 24.5 Å². The lowest BCUT2D eigenvalue weighted by atomic mass is 10.1.